The Morgan fingerprint density at radius 1 is 1.32 bits per heavy atom. The van der Waals surface area contributed by atoms with Crippen molar-refractivity contribution in [3.8, 4) is 0 Å². The van der Waals surface area contributed by atoms with Crippen LogP contribution >= 0.6 is 35.6 Å². The van der Waals surface area contributed by atoms with E-state index in [0.717, 1.165) is 23.9 Å². The summed E-state index contributed by atoms with van der Waals surface area (Å²) in [6.07, 6.45) is 0.913. The Morgan fingerprint density at radius 3 is 2.64 bits per heavy atom. The number of nitrogens with one attached hydrogen (secondary N) is 2. The number of hydrogen-bond acceptors (Lipinski definition) is 2. The SMILES string of the molecule is CCNC(=NCC(C)(C)Cc1cccc(Cl)c1)NCCO.I. The van der Waals surface area contributed by atoms with Gasteiger partial charge in [-0.15, -0.1) is 24.0 Å². The van der Waals surface area contributed by atoms with E-state index in [2.05, 4.69) is 35.5 Å². The van der Waals surface area contributed by atoms with Gasteiger partial charge in [-0.05, 0) is 36.5 Å². The zero-order chi connectivity index (χ0) is 15.7. The molecule has 6 heteroatoms. The number of rotatable bonds is 7. The molecule has 0 saturated carbocycles. The highest BCUT2D eigenvalue weighted by Gasteiger charge is 2.18. The normalized spacial score (nSPS) is 11.8. The fraction of sp³-hybridized carbons (Fsp3) is 0.562. The largest absolute Gasteiger partial charge is 0.395 e. The topological polar surface area (TPSA) is 56.7 Å². The lowest BCUT2D eigenvalue weighted by Gasteiger charge is -2.23. The van der Waals surface area contributed by atoms with Crippen LogP contribution < -0.4 is 10.6 Å². The minimum Gasteiger partial charge on any atom is -0.395 e. The molecule has 22 heavy (non-hydrogen) atoms. The Kier molecular flexibility index (Phi) is 10.8. The van der Waals surface area contributed by atoms with Gasteiger partial charge in [0.1, 0.15) is 0 Å². The first-order valence-electron chi connectivity index (χ1n) is 7.34. The predicted molar refractivity (Wildman–Crippen MR) is 105 cm³/mol. The van der Waals surface area contributed by atoms with E-state index in [1.54, 1.807) is 0 Å². The highest BCUT2D eigenvalue weighted by molar-refractivity contribution is 14.0. The maximum Gasteiger partial charge on any atom is 0.191 e. The Bertz CT molecular complexity index is 466. The van der Waals surface area contributed by atoms with E-state index in [1.165, 1.54) is 5.56 Å². The second-order valence-electron chi connectivity index (χ2n) is 5.82. The van der Waals surface area contributed by atoms with Crippen molar-refractivity contribution in [2.45, 2.75) is 27.2 Å². The standard InChI is InChI=1S/C16H26ClN3O.HI/c1-4-18-15(19-8-9-21)20-12-16(2,3)11-13-6-5-7-14(17)10-13;/h5-7,10,21H,4,8-9,11-12H2,1-3H3,(H2,18,19,20);1H. The number of aliphatic imine (C=N–C) groups is 1. The van der Waals surface area contributed by atoms with Crippen LogP contribution in [0, 0.1) is 5.41 Å². The van der Waals surface area contributed by atoms with Crippen LogP contribution in [0.25, 0.3) is 0 Å². The number of hydrogen-bond donors (Lipinski definition) is 3. The van der Waals surface area contributed by atoms with E-state index in [4.69, 9.17) is 16.7 Å². The number of aliphatic hydroxyl groups is 1. The molecule has 1 aromatic rings. The van der Waals surface area contributed by atoms with E-state index in [-0.39, 0.29) is 36.0 Å². The molecule has 1 aromatic carbocycles. The molecule has 0 aliphatic carbocycles. The first-order valence-corrected chi connectivity index (χ1v) is 7.72. The summed E-state index contributed by atoms with van der Waals surface area (Å²) in [7, 11) is 0. The zero-order valence-electron chi connectivity index (χ0n) is 13.5. The summed E-state index contributed by atoms with van der Waals surface area (Å²) >= 11 is 6.03. The van der Waals surface area contributed by atoms with Crippen molar-refractivity contribution in [3.63, 3.8) is 0 Å². The molecule has 0 radical (unpaired) electrons. The summed E-state index contributed by atoms with van der Waals surface area (Å²) in [5.41, 5.74) is 1.25. The van der Waals surface area contributed by atoms with E-state index >= 15 is 0 Å². The van der Waals surface area contributed by atoms with Crippen molar-refractivity contribution in [3.05, 3.63) is 34.9 Å². The van der Waals surface area contributed by atoms with Crippen LogP contribution in [0.4, 0.5) is 0 Å². The molecule has 0 amide bonds. The van der Waals surface area contributed by atoms with E-state index in [1.807, 2.05) is 25.1 Å². The molecule has 0 heterocycles. The van der Waals surface area contributed by atoms with Crippen LogP contribution in [0.5, 0.6) is 0 Å². The van der Waals surface area contributed by atoms with Crippen molar-refractivity contribution in [1.29, 1.82) is 0 Å². The summed E-state index contributed by atoms with van der Waals surface area (Å²) < 4.78 is 0. The molecule has 0 aromatic heterocycles. The van der Waals surface area contributed by atoms with Gasteiger partial charge < -0.3 is 15.7 Å². The summed E-state index contributed by atoms with van der Waals surface area (Å²) in [4.78, 5) is 4.59. The predicted octanol–water partition coefficient (Wildman–Crippen LogP) is 3.07. The van der Waals surface area contributed by atoms with Crippen molar-refractivity contribution in [2.75, 3.05) is 26.2 Å². The van der Waals surface area contributed by atoms with Crippen molar-refractivity contribution < 1.29 is 5.11 Å². The molecule has 0 aliphatic rings. The van der Waals surface area contributed by atoms with Gasteiger partial charge in [0.05, 0.1) is 6.61 Å². The number of guanidine groups is 1. The smallest absolute Gasteiger partial charge is 0.191 e. The third-order valence-electron chi connectivity index (χ3n) is 2.99. The van der Waals surface area contributed by atoms with Crippen LogP contribution in [-0.2, 0) is 6.42 Å². The van der Waals surface area contributed by atoms with Gasteiger partial charge in [0.25, 0.3) is 0 Å². The third-order valence-corrected chi connectivity index (χ3v) is 3.22. The lowest BCUT2D eigenvalue weighted by Crippen LogP contribution is -2.39. The van der Waals surface area contributed by atoms with E-state index in [9.17, 15) is 0 Å². The fourth-order valence-electron chi connectivity index (χ4n) is 2.06. The molecule has 126 valence electrons. The molecule has 0 fully saturated rings. The van der Waals surface area contributed by atoms with E-state index < -0.39 is 0 Å². The molecule has 0 saturated heterocycles. The Balaban J connectivity index is 0.00000441. The third kappa shape index (κ3) is 8.80. The number of aliphatic hydroxyl groups excluding tert-OH is 1. The first kappa shape index (κ1) is 21.5. The Labute approximate surface area is 155 Å². The summed E-state index contributed by atoms with van der Waals surface area (Å²) in [6.45, 7) is 8.48. The molecular formula is C16H27ClIN3O. The average molecular weight is 440 g/mol. The molecule has 0 unspecified atom stereocenters. The molecule has 0 bridgehead atoms. The summed E-state index contributed by atoms with van der Waals surface area (Å²) in [6, 6.07) is 7.96. The van der Waals surface area contributed by atoms with Gasteiger partial charge in [-0.25, -0.2) is 0 Å². The van der Waals surface area contributed by atoms with Crippen molar-refractivity contribution >= 4 is 41.5 Å². The monoisotopic (exact) mass is 439 g/mol. The quantitative estimate of drug-likeness (QED) is 0.348. The molecule has 3 N–H and O–H groups in total. The number of nitrogens with zero attached hydrogens (tertiary/aromatic N) is 1. The first-order chi connectivity index (χ1) is 9.96. The summed E-state index contributed by atoms with van der Waals surface area (Å²) in [5.74, 6) is 0.741. The Morgan fingerprint density at radius 2 is 2.05 bits per heavy atom. The maximum absolute atomic E-state index is 8.87. The highest BCUT2D eigenvalue weighted by atomic mass is 127. The van der Waals surface area contributed by atoms with Gasteiger partial charge in [0, 0.05) is 24.7 Å². The van der Waals surface area contributed by atoms with Gasteiger partial charge >= 0.3 is 0 Å². The highest BCUT2D eigenvalue weighted by Crippen LogP contribution is 2.23. The van der Waals surface area contributed by atoms with Crippen LogP contribution in [0.2, 0.25) is 5.02 Å². The van der Waals surface area contributed by atoms with Crippen LogP contribution in [-0.4, -0.2) is 37.3 Å². The molecule has 4 nitrogen and oxygen atoms in total. The van der Waals surface area contributed by atoms with Crippen molar-refractivity contribution in [2.24, 2.45) is 10.4 Å². The van der Waals surface area contributed by atoms with E-state index in [0.29, 0.717) is 13.1 Å². The van der Waals surface area contributed by atoms with Crippen LogP contribution in [0.1, 0.15) is 26.3 Å². The van der Waals surface area contributed by atoms with Gasteiger partial charge in [0.15, 0.2) is 5.96 Å². The zero-order valence-corrected chi connectivity index (χ0v) is 16.6. The molecule has 1 rings (SSSR count). The van der Waals surface area contributed by atoms with Crippen LogP contribution in [0.3, 0.4) is 0 Å². The van der Waals surface area contributed by atoms with Gasteiger partial charge in [-0.3, -0.25) is 4.99 Å². The molecule has 0 spiro atoms. The molecule has 0 atom stereocenters. The molecule has 0 aliphatic heterocycles. The second-order valence-corrected chi connectivity index (χ2v) is 6.25. The minimum absolute atomic E-state index is 0. The van der Waals surface area contributed by atoms with Gasteiger partial charge in [-0.1, -0.05) is 37.6 Å². The minimum atomic E-state index is 0. The van der Waals surface area contributed by atoms with Gasteiger partial charge in [-0.2, -0.15) is 0 Å². The Hall–Kier alpha value is -0.530. The maximum atomic E-state index is 8.87. The van der Waals surface area contributed by atoms with Gasteiger partial charge in [0.2, 0.25) is 0 Å². The lowest BCUT2D eigenvalue weighted by atomic mass is 9.86. The molecular weight excluding hydrogens is 413 g/mol. The number of halogens is 2. The van der Waals surface area contributed by atoms with Crippen LogP contribution in [0.15, 0.2) is 29.3 Å². The van der Waals surface area contributed by atoms with Crippen molar-refractivity contribution in [1.82, 2.24) is 10.6 Å². The fourth-order valence-corrected chi connectivity index (χ4v) is 2.28. The second kappa shape index (κ2) is 11.1. The summed E-state index contributed by atoms with van der Waals surface area (Å²) in [5, 5.41) is 15.9. The lowest BCUT2D eigenvalue weighted by molar-refractivity contribution is 0.299. The number of benzene rings is 1. The average Bonchev–Trinajstić information content (AvgIpc) is 2.41.